The van der Waals surface area contributed by atoms with Crippen LogP contribution in [0.5, 0.6) is 5.75 Å². The third kappa shape index (κ3) is 3.50. The molecule has 0 atom stereocenters. The molecule has 0 radical (unpaired) electrons. The first-order valence-corrected chi connectivity index (χ1v) is 6.64. The Morgan fingerprint density at radius 2 is 1.74 bits per heavy atom. The molecule has 0 unspecified atom stereocenters. The lowest BCUT2D eigenvalue weighted by Gasteiger charge is -2.12. The molecule has 0 aromatic heterocycles. The minimum atomic E-state index is 0.480. The number of hydrogen-bond acceptors (Lipinski definition) is 2. The van der Waals surface area contributed by atoms with Crippen molar-refractivity contribution in [2.75, 3.05) is 5.73 Å². The Morgan fingerprint density at radius 1 is 1.05 bits per heavy atom. The van der Waals surface area contributed by atoms with E-state index in [-0.39, 0.29) is 0 Å². The largest absolute Gasteiger partial charge is 0.487 e. The molecule has 2 N–H and O–H groups in total. The molecule has 0 aliphatic carbocycles. The quantitative estimate of drug-likeness (QED) is 0.828. The number of ether oxygens (including phenoxy) is 1. The molecule has 2 nitrogen and oxygen atoms in total. The molecule has 0 aliphatic heterocycles. The van der Waals surface area contributed by atoms with E-state index in [1.165, 1.54) is 11.1 Å². The van der Waals surface area contributed by atoms with Crippen molar-refractivity contribution in [2.24, 2.45) is 0 Å². The molecule has 0 aliphatic rings. The SMILES string of the molecule is Cc1ccc(COc2ccc(C(C)C)cc2N)cc1. The summed E-state index contributed by atoms with van der Waals surface area (Å²) in [6.07, 6.45) is 0. The number of aryl methyl sites for hydroxylation is 1. The van der Waals surface area contributed by atoms with Gasteiger partial charge in [-0.3, -0.25) is 0 Å². The Balaban J connectivity index is 2.05. The number of hydrogen-bond donors (Lipinski definition) is 1. The van der Waals surface area contributed by atoms with Crippen LogP contribution in [0.15, 0.2) is 42.5 Å². The van der Waals surface area contributed by atoms with Crippen LogP contribution in [0.25, 0.3) is 0 Å². The van der Waals surface area contributed by atoms with Gasteiger partial charge in [0.05, 0.1) is 5.69 Å². The topological polar surface area (TPSA) is 35.2 Å². The highest BCUT2D eigenvalue weighted by atomic mass is 16.5. The highest BCUT2D eigenvalue weighted by molar-refractivity contribution is 5.54. The summed E-state index contributed by atoms with van der Waals surface area (Å²) in [5.41, 5.74) is 10.4. The van der Waals surface area contributed by atoms with Crippen LogP contribution in [0.4, 0.5) is 5.69 Å². The summed E-state index contributed by atoms with van der Waals surface area (Å²) in [7, 11) is 0. The zero-order valence-electron chi connectivity index (χ0n) is 11.8. The zero-order valence-corrected chi connectivity index (χ0v) is 11.8. The molecule has 0 fully saturated rings. The molecule has 2 heteroatoms. The van der Waals surface area contributed by atoms with Crippen LogP contribution in [-0.2, 0) is 6.61 Å². The highest BCUT2D eigenvalue weighted by Crippen LogP contribution is 2.26. The first kappa shape index (κ1) is 13.5. The standard InChI is InChI=1S/C17H21NO/c1-12(2)15-8-9-17(16(18)10-15)19-11-14-6-4-13(3)5-7-14/h4-10,12H,11,18H2,1-3H3. The van der Waals surface area contributed by atoms with Gasteiger partial charge in [0.15, 0.2) is 0 Å². The van der Waals surface area contributed by atoms with Crippen LogP contribution >= 0.6 is 0 Å². The normalized spacial score (nSPS) is 10.7. The second-order valence-electron chi connectivity index (χ2n) is 5.23. The summed E-state index contributed by atoms with van der Waals surface area (Å²) in [6, 6.07) is 14.4. The Hall–Kier alpha value is -1.96. The second-order valence-corrected chi connectivity index (χ2v) is 5.23. The molecule has 2 aromatic rings. The van der Waals surface area contributed by atoms with Gasteiger partial charge in [0.25, 0.3) is 0 Å². The van der Waals surface area contributed by atoms with E-state index in [0.717, 1.165) is 11.3 Å². The molecule has 0 heterocycles. The summed E-state index contributed by atoms with van der Waals surface area (Å²) in [6.45, 7) is 6.93. The molecular weight excluding hydrogens is 234 g/mol. The molecule has 2 rings (SSSR count). The van der Waals surface area contributed by atoms with Crippen molar-refractivity contribution in [1.82, 2.24) is 0 Å². The summed E-state index contributed by atoms with van der Waals surface area (Å²) in [4.78, 5) is 0. The van der Waals surface area contributed by atoms with E-state index in [2.05, 4.69) is 51.1 Å². The lowest BCUT2D eigenvalue weighted by atomic mass is 10.0. The first-order valence-electron chi connectivity index (χ1n) is 6.64. The molecule has 2 aromatic carbocycles. The lowest BCUT2D eigenvalue weighted by molar-refractivity contribution is 0.308. The van der Waals surface area contributed by atoms with Gasteiger partial charge in [0.1, 0.15) is 12.4 Å². The molecule has 0 saturated heterocycles. The zero-order chi connectivity index (χ0) is 13.8. The van der Waals surface area contributed by atoms with E-state index in [4.69, 9.17) is 10.5 Å². The van der Waals surface area contributed by atoms with Crippen molar-refractivity contribution < 1.29 is 4.74 Å². The number of nitrogens with two attached hydrogens (primary N) is 1. The van der Waals surface area contributed by atoms with Gasteiger partial charge in [0.2, 0.25) is 0 Å². The van der Waals surface area contributed by atoms with E-state index in [9.17, 15) is 0 Å². The van der Waals surface area contributed by atoms with Gasteiger partial charge in [-0.2, -0.15) is 0 Å². The average molecular weight is 255 g/mol. The van der Waals surface area contributed by atoms with E-state index < -0.39 is 0 Å². The van der Waals surface area contributed by atoms with Crippen molar-refractivity contribution in [1.29, 1.82) is 0 Å². The van der Waals surface area contributed by atoms with Crippen LogP contribution < -0.4 is 10.5 Å². The van der Waals surface area contributed by atoms with E-state index in [0.29, 0.717) is 18.2 Å². The van der Waals surface area contributed by atoms with E-state index in [1.807, 2.05) is 12.1 Å². The van der Waals surface area contributed by atoms with Crippen LogP contribution in [-0.4, -0.2) is 0 Å². The number of benzene rings is 2. The molecule has 100 valence electrons. The van der Waals surface area contributed by atoms with Gasteiger partial charge >= 0.3 is 0 Å². The lowest BCUT2D eigenvalue weighted by Crippen LogP contribution is -2.00. The van der Waals surface area contributed by atoms with Gasteiger partial charge in [-0.15, -0.1) is 0 Å². The van der Waals surface area contributed by atoms with Gasteiger partial charge in [-0.25, -0.2) is 0 Å². The molecule has 0 bridgehead atoms. The number of nitrogen functional groups attached to an aromatic ring is 1. The predicted molar refractivity (Wildman–Crippen MR) is 80.5 cm³/mol. The van der Waals surface area contributed by atoms with E-state index in [1.54, 1.807) is 0 Å². The predicted octanol–water partition coefficient (Wildman–Crippen LogP) is 4.28. The first-order chi connectivity index (χ1) is 9.06. The van der Waals surface area contributed by atoms with Gasteiger partial charge < -0.3 is 10.5 Å². The maximum Gasteiger partial charge on any atom is 0.142 e. The molecule has 0 spiro atoms. The third-order valence-corrected chi connectivity index (χ3v) is 3.22. The van der Waals surface area contributed by atoms with Crippen molar-refractivity contribution in [2.45, 2.75) is 33.3 Å². The fourth-order valence-electron chi connectivity index (χ4n) is 1.90. The maximum atomic E-state index is 6.02. The Labute approximate surface area is 115 Å². The van der Waals surface area contributed by atoms with Gasteiger partial charge in [-0.05, 0) is 36.1 Å². The molecular formula is C17H21NO. The summed E-state index contributed by atoms with van der Waals surface area (Å²) < 4.78 is 5.77. The fraction of sp³-hybridized carbons (Fsp3) is 0.294. The van der Waals surface area contributed by atoms with E-state index >= 15 is 0 Å². The fourth-order valence-corrected chi connectivity index (χ4v) is 1.90. The third-order valence-electron chi connectivity index (χ3n) is 3.22. The van der Waals surface area contributed by atoms with Crippen LogP contribution in [0.1, 0.15) is 36.5 Å². The molecule has 19 heavy (non-hydrogen) atoms. The monoisotopic (exact) mass is 255 g/mol. The Morgan fingerprint density at radius 3 is 2.32 bits per heavy atom. The number of rotatable bonds is 4. The van der Waals surface area contributed by atoms with Crippen LogP contribution in [0, 0.1) is 6.92 Å². The minimum absolute atomic E-state index is 0.480. The Kier molecular flexibility index (Phi) is 4.10. The highest BCUT2D eigenvalue weighted by Gasteiger charge is 2.05. The second kappa shape index (κ2) is 5.79. The van der Waals surface area contributed by atoms with Crippen molar-refractivity contribution in [3.63, 3.8) is 0 Å². The molecule has 0 saturated carbocycles. The Bertz CT molecular complexity index is 544. The smallest absolute Gasteiger partial charge is 0.142 e. The van der Waals surface area contributed by atoms with Gasteiger partial charge in [-0.1, -0.05) is 49.7 Å². The molecule has 0 amide bonds. The number of anilines is 1. The summed E-state index contributed by atoms with van der Waals surface area (Å²) in [5, 5.41) is 0. The summed E-state index contributed by atoms with van der Waals surface area (Å²) >= 11 is 0. The van der Waals surface area contributed by atoms with Crippen LogP contribution in [0.3, 0.4) is 0 Å². The van der Waals surface area contributed by atoms with Crippen molar-refractivity contribution in [3.05, 3.63) is 59.2 Å². The maximum absolute atomic E-state index is 6.02. The van der Waals surface area contributed by atoms with Crippen molar-refractivity contribution in [3.8, 4) is 5.75 Å². The van der Waals surface area contributed by atoms with Crippen LogP contribution in [0.2, 0.25) is 0 Å². The van der Waals surface area contributed by atoms with Crippen molar-refractivity contribution >= 4 is 5.69 Å². The van der Waals surface area contributed by atoms with Gasteiger partial charge in [0, 0.05) is 0 Å². The summed E-state index contributed by atoms with van der Waals surface area (Å²) in [5.74, 6) is 1.23. The average Bonchev–Trinajstić information content (AvgIpc) is 2.39. The minimum Gasteiger partial charge on any atom is -0.487 e.